The first-order valence-electron chi connectivity index (χ1n) is 8.78. The summed E-state index contributed by atoms with van der Waals surface area (Å²) in [5, 5.41) is 17.3. The van der Waals surface area contributed by atoms with Crippen LogP contribution in [0.25, 0.3) is 11.4 Å². The fourth-order valence-electron chi connectivity index (χ4n) is 3.21. The zero-order valence-electron chi connectivity index (χ0n) is 15.6. The minimum atomic E-state index is -4.52. The van der Waals surface area contributed by atoms with Crippen LogP contribution in [0.2, 0.25) is 0 Å². The van der Waals surface area contributed by atoms with Gasteiger partial charge in [-0.2, -0.15) is 28.8 Å². The number of hydrogen-bond donors (Lipinski definition) is 0. The van der Waals surface area contributed by atoms with Gasteiger partial charge in [0.05, 0.1) is 46.2 Å². The molecule has 0 spiro atoms. The maximum absolute atomic E-state index is 13.1. The van der Waals surface area contributed by atoms with Crippen LogP contribution in [0.4, 0.5) is 23.7 Å². The number of alkyl halides is 3. The molecule has 0 saturated carbocycles. The van der Waals surface area contributed by atoms with Crippen LogP contribution in [0.3, 0.4) is 0 Å². The summed E-state index contributed by atoms with van der Waals surface area (Å²) in [6.45, 7) is 1.61. The number of nitrogens with zero attached hydrogens (tertiary/aromatic N) is 5. The van der Waals surface area contributed by atoms with Crippen LogP contribution < -0.4 is 10.2 Å². The van der Waals surface area contributed by atoms with Gasteiger partial charge in [0.25, 0.3) is 0 Å². The second kappa shape index (κ2) is 7.08. The Hall–Kier alpha value is -4.06. The molecular weight excluding hydrogens is 395 g/mol. The maximum atomic E-state index is 13.1. The molecule has 6 nitrogen and oxygen atoms in total. The van der Waals surface area contributed by atoms with E-state index in [9.17, 15) is 18.0 Å². The molecule has 0 aliphatic carbocycles. The van der Waals surface area contributed by atoms with Gasteiger partial charge in [-0.1, -0.05) is 6.07 Å². The lowest BCUT2D eigenvalue weighted by molar-refractivity contribution is -0.137. The first-order valence-corrected chi connectivity index (χ1v) is 8.78. The van der Waals surface area contributed by atoms with Gasteiger partial charge in [0.15, 0.2) is 0 Å². The molecule has 30 heavy (non-hydrogen) atoms. The third kappa shape index (κ3) is 3.28. The highest BCUT2D eigenvalue weighted by Gasteiger charge is 2.35. The fraction of sp³-hybridized carbons (Fsp3) is 0.0952. The molecular formula is C21H13F3N5O. The van der Waals surface area contributed by atoms with Crippen molar-refractivity contribution in [2.24, 2.45) is 0 Å². The highest BCUT2D eigenvalue weighted by atomic mass is 19.4. The minimum absolute atomic E-state index is 0.0792. The highest BCUT2D eigenvalue weighted by molar-refractivity contribution is 6.06. The lowest BCUT2D eigenvalue weighted by atomic mass is 10.1. The third-order valence-electron chi connectivity index (χ3n) is 4.63. The van der Waals surface area contributed by atoms with Crippen LogP contribution in [0.1, 0.15) is 23.7 Å². The van der Waals surface area contributed by atoms with Crippen molar-refractivity contribution in [1.29, 1.82) is 5.26 Å². The van der Waals surface area contributed by atoms with Gasteiger partial charge in [-0.15, -0.1) is 0 Å². The summed E-state index contributed by atoms with van der Waals surface area (Å²) >= 11 is 0. The number of anilines is 1. The first-order chi connectivity index (χ1) is 14.3. The Kier molecular flexibility index (Phi) is 4.54. The number of allylic oxidation sites excluding steroid dienone is 1. The molecule has 0 bridgehead atoms. The predicted octanol–water partition coefficient (Wildman–Crippen LogP) is 4.70. The summed E-state index contributed by atoms with van der Waals surface area (Å²) in [5.41, 5.74) is 1.55. The van der Waals surface area contributed by atoms with Crippen LogP contribution in [0, 0.1) is 11.3 Å². The summed E-state index contributed by atoms with van der Waals surface area (Å²) in [6, 6.07) is 14.2. The number of aromatic nitrogens is 2. The van der Waals surface area contributed by atoms with Crippen molar-refractivity contribution >= 4 is 17.4 Å². The van der Waals surface area contributed by atoms with E-state index in [-0.39, 0.29) is 5.69 Å². The van der Waals surface area contributed by atoms with Gasteiger partial charge < -0.3 is 0 Å². The summed E-state index contributed by atoms with van der Waals surface area (Å²) in [4.78, 5) is 13.7. The monoisotopic (exact) mass is 408 g/mol. The molecule has 4 rings (SSSR count). The second-order valence-corrected chi connectivity index (χ2v) is 6.50. The van der Waals surface area contributed by atoms with Gasteiger partial charge in [0.2, 0.25) is 0 Å². The average Bonchev–Trinajstić information content (AvgIpc) is 3.31. The molecule has 0 N–H and O–H groups in total. The van der Waals surface area contributed by atoms with Gasteiger partial charge >= 0.3 is 12.2 Å². The molecule has 0 saturated heterocycles. The Bertz CT molecular complexity index is 1200. The van der Waals surface area contributed by atoms with Crippen LogP contribution in [0.15, 0.2) is 66.5 Å². The molecule has 3 aromatic rings. The molecule has 2 amide bonds. The summed E-state index contributed by atoms with van der Waals surface area (Å²) in [6.07, 6.45) is -2.99. The zero-order chi connectivity index (χ0) is 21.5. The van der Waals surface area contributed by atoms with Gasteiger partial charge in [-0.3, -0.25) is 4.90 Å². The molecule has 2 aromatic carbocycles. The lowest BCUT2D eigenvalue weighted by Crippen LogP contribution is -2.26. The number of amides is 2. The molecule has 2 heterocycles. The number of carbonyl (C=O) groups is 1. The first kappa shape index (κ1) is 19.3. The number of benzene rings is 2. The molecule has 1 aromatic heterocycles. The van der Waals surface area contributed by atoms with Gasteiger partial charge in [-0.25, -0.2) is 9.48 Å². The van der Waals surface area contributed by atoms with E-state index < -0.39 is 17.8 Å². The number of carbonyl (C=O) groups excluding carboxylic acids is 1. The molecule has 0 fully saturated rings. The van der Waals surface area contributed by atoms with Crippen LogP contribution in [0.5, 0.6) is 0 Å². The zero-order valence-corrected chi connectivity index (χ0v) is 15.6. The van der Waals surface area contributed by atoms with Crippen molar-refractivity contribution in [3.8, 4) is 11.8 Å². The van der Waals surface area contributed by atoms with Crippen LogP contribution in [-0.4, -0.2) is 15.8 Å². The standard InChI is InChI=1S/C21H13F3N5O/c1-13-19(18-9-10-26-29(18)16-7-5-14(12-25)6-8-16)27-20(30)28(13)17-4-2-3-15(11-17)21(22,23)24/h2-11H,1H3. The van der Waals surface area contributed by atoms with E-state index in [1.54, 1.807) is 41.9 Å². The topological polar surface area (TPSA) is 76.0 Å². The molecule has 1 aliphatic rings. The van der Waals surface area contributed by atoms with E-state index in [0.29, 0.717) is 28.3 Å². The van der Waals surface area contributed by atoms with E-state index in [1.807, 2.05) is 6.07 Å². The smallest absolute Gasteiger partial charge is 0.263 e. The van der Waals surface area contributed by atoms with Gasteiger partial charge in [-0.05, 0) is 55.5 Å². The van der Waals surface area contributed by atoms with E-state index in [0.717, 1.165) is 17.0 Å². The van der Waals surface area contributed by atoms with E-state index in [1.165, 1.54) is 18.3 Å². The molecule has 0 atom stereocenters. The van der Waals surface area contributed by atoms with Crippen molar-refractivity contribution < 1.29 is 18.0 Å². The molecule has 149 valence electrons. The molecule has 9 heteroatoms. The van der Waals surface area contributed by atoms with Crippen molar-refractivity contribution in [3.63, 3.8) is 0 Å². The Morgan fingerprint density at radius 3 is 2.43 bits per heavy atom. The fourth-order valence-corrected chi connectivity index (χ4v) is 3.21. The van der Waals surface area contributed by atoms with Crippen molar-refractivity contribution in [3.05, 3.63) is 83.3 Å². The quantitative estimate of drug-likeness (QED) is 0.631. The Balaban J connectivity index is 1.75. The maximum Gasteiger partial charge on any atom is 0.416 e. The summed E-state index contributed by atoms with van der Waals surface area (Å²) in [5.74, 6) is 0. The minimum Gasteiger partial charge on any atom is -0.263 e. The lowest BCUT2D eigenvalue weighted by Gasteiger charge is -2.18. The highest BCUT2D eigenvalue weighted by Crippen LogP contribution is 2.36. The van der Waals surface area contributed by atoms with E-state index >= 15 is 0 Å². The van der Waals surface area contributed by atoms with Crippen LogP contribution >= 0.6 is 0 Å². The van der Waals surface area contributed by atoms with Crippen molar-refractivity contribution in [1.82, 2.24) is 15.1 Å². The predicted molar refractivity (Wildman–Crippen MR) is 102 cm³/mol. The summed E-state index contributed by atoms with van der Waals surface area (Å²) < 4.78 is 40.8. The average molecular weight is 408 g/mol. The Labute approximate surface area is 169 Å². The van der Waals surface area contributed by atoms with E-state index in [2.05, 4.69) is 10.4 Å². The second-order valence-electron chi connectivity index (χ2n) is 6.50. The van der Waals surface area contributed by atoms with Gasteiger partial charge in [0, 0.05) is 0 Å². The number of halogens is 3. The SMILES string of the molecule is CC1=C(c2ccnn2-c2ccc(C#N)cc2)[N]C(=O)N1c1cccc(C(F)(F)F)c1. The Morgan fingerprint density at radius 2 is 1.77 bits per heavy atom. The number of nitriles is 1. The van der Waals surface area contributed by atoms with Crippen molar-refractivity contribution in [2.75, 3.05) is 4.90 Å². The van der Waals surface area contributed by atoms with Crippen molar-refractivity contribution in [2.45, 2.75) is 13.1 Å². The molecule has 0 unspecified atom stereocenters. The summed E-state index contributed by atoms with van der Waals surface area (Å²) in [7, 11) is 0. The largest absolute Gasteiger partial charge is 0.416 e. The number of rotatable bonds is 3. The Morgan fingerprint density at radius 1 is 1.03 bits per heavy atom. The third-order valence-corrected chi connectivity index (χ3v) is 4.63. The van der Waals surface area contributed by atoms with E-state index in [4.69, 9.17) is 5.26 Å². The molecule has 1 aliphatic heterocycles. The van der Waals surface area contributed by atoms with Gasteiger partial charge in [0.1, 0.15) is 5.70 Å². The number of urea groups is 1. The normalized spacial score (nSPS) is 14.1. The number of hydrogen-bond acceptors (Lipinski definition) is 3. The molecule has 1 radical (unpaired) electrons. The van der Waals surface area contributed by atoms with Crippen LogP contribution in [-0.2, 0) is 6.18 Å².